The number of carboxylic acid groups (broad SMARTS) is 1. The van der Waals surface area contributed by atoms with Crippen LogP contribution in [-0.4, -0.2) is 28.9 Å². The number of benzene rings is 1. The molecule has 2 amide bonds. The average molecular weight is 360 g/mol. The molecule has 1 aromatic carbocycles. The maximum absolute atomic E-state index is 12.2. The summed E-state index contributed by atoms with van der Waals surface area (Å²) >= 11 is 1.31. The van der Waals surface area contributed by atoms with E-state index in [1.807, 2.05) is 0 Å². The van der Waals surface area contributed by atoms with Crippen molar-refractivity contribution in [2.24, 2.45) is 5.92 Å². The van der Waals surface area contributed by atoms with Gasteiger partial charge < -0.3 is 15.7 Å². The number of hydrogen-bond donors (Lipinski definition) is 3. The van der Waals surface area contributed by atoms with Crippen molar-refractivity contribution in [1.82, 2.24) is 5.32 Å². The Kier molecular flexibility index (Phi) is 6.30. The second kappa shape index (κ2) is 8.43. The average Bonchev–Trinajstić information content (AvgIpc) is 3.11. The molecular formula is C18H20N2O4S. The molecule has 2 atom stereocenters. The zero-order valence-electron chi connectivity index (χ0n) is 14.0. The van der Waals surface area contributed by atoms with E-state index in [0.29, 0.717) is 17.0 Å². The van der Waals surface area contributed by atoms with Crippen LogP contribution < -0.4 is 10.6 Å². The third-order valence-corrected chi connectivity index (χ3v) is 4.54. The van der Waals surface area contributed by atoms with Gasteiger partial charge in [0.2, 0.25) is 5.91 Å². The molecule has 0 aliphatic carbocycles. The number of rotatable bonds is 7. The molecule has 132 valence electrons. The van der Waals surface area contributed by atoms with Gasteiger partial charge in [0.1, 0.15) is 6.04 Å². The molecule has 0 radical (unpaired) electrons. The van der Waals surface area contributed by atoms with Gasteiger partial charge in [-0.05, 0) is 42.5 Å². The smallest absolute Gasteiger partial charge is 0.306 e. The minimum absolute atomic E-state index is 0.282. The number of carboxylic acids is 1. The Labute approximate surface area is 149 Å². The molecule has 0 saturated carbocycles. The molecule has 0 fully saturated rings. The maximum atomic E-state index is 12.2. The van der Waals surface area contributed by atoms with Crippen molar-refractivity contribution in [3.05, 3.63) is 52.2 Å². The molecule has 2 aromatic rings. The fourth-order valence-corrected chi connectivity index (χ4v) is 2.78. The van der Waals surface area contributed by atoms with Crippen molar-refractivity contribution < 1.29 is 19.5 Å². The van der Waals surface area contributed by atoms with Crippen molar-refractivity contribution in [1.29, 1.82) is 0 Å². The lowest BCUT2D eigenvalue weighted by Gasteiger charge is -2.14. The van der Waals surface area contributed by atoms with Crippen molar-refractivity contribution in [2.75, 3.05) is 5.32 Å². The molecule has 1 heterocycles. The Hall–Kier alpha value is -2.67. The Morgan fingerprint density at radius 3 is 2.36 bits per heavy atom. The summed E-state index contributed by atoms with van der Waals surface area (Å²) in [5, 5.41) is 16.1. The van der Waals surface area contributed by atoms with E-state index < -0.39 is 17.9 Å². The molecule has 0 saturated heterocycles. The van der Waals surface area contributed by atoms with Gasteiger partial charge in [-0.1, -0.05) is 25.1 Å². The van der Waals surface area contributed by atoms with Crippen molar-refractivity contribution in [3.63, 3.8) is 0 Å². The molecule has 0 bridgehead atoms. The summed E-state index contributed by atoms with van der Waals surface area (Å²) in [5.41, 5.74) is 1.47. The second-order valence-electron chi connectivity index (χ2n) is 5.80. The second-order valence-corrected chi connectivity index (χ2v) is 6.75. The van der Waals surface area contributed by atoms with E-state index in [-0.39, 0.29) is 11.8 Å². The summed E-state index contributed by atoms with van der Waals surface area (Å²) in [5.74, 6) is -1.91. The summed E-state index contributed by atoms with van der Waals surface area (Å²) in [6, 6.07) is 9.79. The number of aliphatic carboxylic acids is 1. The van der Waals surface area contributed by atoms with Gasteiger partial charge in [-0.3, -0.25) is 14.4 Å². The minimum Gasteiger partial charge on any atom is -0.481 e. The Bertz CT molecular complexity index is 741. The fourth-order valence-electron chi connectivity index (χ4n) is 2.16. The third kappa shape index (κ3) is 5.42. The quantitative estimate of drug-likeness (QED) is 0.707. The van der Waals surface area contributed by atoms with E-state index >= 15 is 0 Å². The number of carbonyl (C=O) groups excluding carboxylic acids is 2. The van der Waals surface area contributed by atoms with Crippen molar-refractivity contribution in [2.45, 2.75) is 26.3 Å². The van der Waals surface area contributed by atoms with Gasteiger partial charge in [-0.2, -0.15) is 0 Å². The van der Waals surface area contributed by atoms with Crippen LogP contribution in [0.25, 0.3) is 0 Å². The van der Waals surface area contributed by atoms with E-state index in [2.05, 4.69) is 10.6 Å². The molecule has 25 heavy (non-hydrogen) atoms. The van der Waals surface area contributed by atoms with Crippen LogP contribution in [-0.2, 0) is 16.0 Å². The van der Waals surface area contributed by atoms with Gasteiger partial charge in [-0.25, -0.2) is 0 Å². The highest BCUT2D eigenvalue weighted by molar-refractivity contribution is 7.12. The van der Waals surface area contributed by atoms with E-state index in [4.69, 9.17) is 5.11 Å². The fraction of sp³-hybridized carbons (Fsp3) is 0.278. The lowest BCUT2D eigenvalue weighted by atomic mass is 10.0. The molecule has 3 N–H and O–H groups in total. The first-order valence-corrected chi connectivity index (χ1v) is 8.71. The summed E-state index contributed by atoms with van der Waals surface area (Å²) in [6.45, 7) is 3.26. The zero-order valence-corrected chi connectivity index (χ0v) is 14.8. The van der Waals surface area contributed by atoms with Gasteiger partial charge in [0.25, 0.3) is 5.91 Å². The molecule has 7 heteroatoms. The summed E-state index contributed by atoms with van der Waals surface area (Å²) in [4.78, 5) is 35.5. The molecule has 2 unspecified atom stereocenters. The van der Waals surface area contributed by atoms with Gasteiger partial charge in [0.05, 0.1) is 10.8 Å². The number of amides is 2. The SMILES string of the molecule is CC(Cc1ccc(NC(=O)C(C)NC(=O)c2cccs2)cc1)C(=O)O. The van der Waals surface area contributed by atoms with Gasteiger partial charge in [-0.15, -0.1) is 11.3 Å². The van der Waals surface area contributed by atoms with Gasteiger partial charge >= 0.3 is 5.97 Å². The molecule has 2 rings (SSSR count). The van der Waals surface area contributed by atoms with E-state index in [9.17, 15) is 14.4 Å². The van der Waals surface area contributed by atoms with Crippen LogP contribution >= 0.6 is 11.3 Å². The first-order chi connectivity index (χ1) is 11.9. The molecule has 6 nitrogen and oxygen atoms in total. The summed E-state index contributed by atoms with van der Waals surface area (Å²) < 4.78 is 0. The normalized spacial score (nSPS) is 12.9. The van der Waals surface area contributed by atoms with Crippen LogP contribution in [0.4, 0.5) is 5.69 Å². The third-order valence-electron chi connectivity index (χ3n) is 3.67. The first kappa shape index (κ1) is 18.7. The van der Waals surface area contributed by atoms with Crippen LogP contribution in [0.3, 0.4) is 0 Å². The van der Waals surface area contributed by atoms with Gasteiger partial charge in [0, 0.05) is 5.69 Å². The Morgan fingerprint density at radius 1 is 1.12 bits per heavy atom. The Morgan fingerprint density at radius 2 is 1.80 bits per heavy atom. The predicted octanol–water partition coefficient (Wildman–Crippen LogP) is 2.77. The highest BCUT2D eigenvalue weighted by Gasteiger charge is 2.17. The highest BCUT2D eigenvalue weighted by atomic mass is 32.1. The number of nitrogens with one attached hydrogen (secondary N) is 2. The van der Waals surface area contributed by atoms with E-state index in [0.717, 1.165) is 5.56 Å². The monoisotopic (exact) mass is 360 g/mol. The lowest BCUT2D eigenvalue weighted by Crippen LogP contribution is -2.41. The number of carbonyl (C=O) groups is 3. The van der Waals surface area contributed by atoms with Crippen molar-refractivity contribution in [3.8, 4) is 0 Å². The number of anilines is 1. The van der Waals surface area contributed by atoms with Crippen LogP contribution in [0.5, 0.6) is 0 Å². The Balaban J connectivity index is 1.89. The lowest BCUT2D eigenvalue weighted by molar-refractivity contribution is -0.141. The topological polar surface area (TPSA) is 95.5 Å². The molecule has 0 spiro atoms. The summed E-state index contributed by atoms with van der Waals surface area (Å²) in [7, 11) is 0. The van der Waals surface area contributed by atoms with Crippen LogP contribution in [0.2, 0.25) is 0 Å². The largest absolute Gasteiger partial charge is 0.481 e. The maximum Gasteiger partial charge on any atom is 0.306 e. The van der Waals surface area contributed by atoms with Crippen LogP contribution in [0.1, 0.15) is 29.1 Å². The molecule has 0 aliphatic heterocycles. The number of thiophene rings is 1. The minimum atomic E-state index is -0.840. The number of hydrogen-bond acceptors (Lipinski definition) is 4. The molecule has 0 aliphatic rings. The highest BCUT2D eigenvalue weighted by Crippen LogP contribution is 2.14. The standard InChI is InChI=1S/C18H20N2O4S/c1-11(18(23)24)10-13-5-7-14(8-6-13)20-16(21)12(2)19-17(22)15-4-3-9-25-15/h3-9,11-12H,10H2,1-2H3,(H,19,22)(H,20,21)(H,23,24). The van der Waals surface area contributed by atoms with Crippen molar-refractivity contribution >= 4 is 34.8 Å². The summed E-state index contributed by atoms with van der Waals surface area (Å²) in [6.07, 6.45) is 0.427. The first-order valence-electron chi connectivity index (χ1n) is 7.84. The molecule has 1 aromatic heterocycles. The van der Waals surface area contributed by atoms with E-state index in [1.165, 1.54) is 11.3 Å². The molecular weight excluding hydrogens is 340 g/mol. The van der Waals surface area contributed by atoms with Crippen LogP contribution in [0.15, 0.2) is 41.8 Å². The van der Waals surface area contributed by atoms with Crippen LogP contribution in [0, 0.1) is 5.92 Å². The van der Waals surface area contributed by atoms with E-state index in [1.54, 1.807) is 55.6 Å². The van der Waals surface area contributed by atoms with Gasteiger partial charge in [0.15, 0.2) is 0 Å². The zero-order chi connectivity index (χ0) is 18.4. The predicted molar refractivity (Wildman–Crippen MR) is 96.8 cm³/mol.